The van der Waals surface area contributed by atoms with Gasteiger partial charge < -0.3 is 15.1 Å². The lowest BCUT2D eigenvalue weighted by Crippen LogP contribution is -2.37. The van der Waals surface area contributed by atoms with E-state index in [2.05, 4.69) is 9.17 Å². The number of benzene rings is 1. The van der Waals surface area contributed by atoms with Gasteiger partial charge in [0.25, 0.3) is 15.7 Å². The molecule has 0 atom stereocenters. The van der Waals surface area contributed by atoms with Crippen LogP contribution in [0.25, 0.3) is 10.9 Å². The van der Waals surface area contributed by atoms with E-state index in [-0.39, 0.29) is 38.1 Å². The molecule has 0 saturated heterocycles. The van der Waals surface area contributed by atoms with Gasteiger partial charge in [-0.05, 0) is 18.6 Å². The summed E-state index contributed by atoms with van der Waals surface area (Å²) in [7, 11) is -3.59. The number of alkyl halides is 3. The summed E-state index contributed by atoms with van der Waals surface area (Å²) in [5.74, 6) is -2.05. The van der Waals surface area contributed by atoms with Crippen molar-refractivity contribution in [2.45, 2.75) is 25.6 Å². The molecular formula is C17H20F3N3O7S. The van der Waals surface area contributed by atoms with Gasteiger partial charge in [0.1, 0.15) is 6.29 Å². The lowest BCUT2D eigenvalue weighted by Gasteiger charge is -2.07. The van der Waals surface area contributed by atoms with Gasteiger partial charge in [-0.15, -0.1) is 0 Å². The molecule has 0 radical (unpaired) electrons. The number of carbonyl (C=O) groups is 2. The molecule has 1 aromatic carbocycles. The quantitative estimate of drug-likeness (QED) is 0.323. The summed E-state index contributed by atoms with van der Waals surface area (Å²) in [6.07, 6.45) is -3.28. The molecule has 2 rings (SSSR count). The van der Waals surface area contributed by atoms with Gasteiger partial charge in [0.2, 0.25) is 0 Å². The Balaban J connectivity index is 0.000000311. The van der Waals surface area contributed by atoms with Crippen LogP contribution in [0.4, 0.5) is 13.2 Å². The van der Waals surface area contributed by atoms with Crippen LogP contribution in [-0.4, -0.2) is 55.7 Å². The largest absolute Gasteiger partial charge is 0.471 e. The minimum Gasteiger partial charge on any atom is -0.348 e. The van der Waals surface area contributed by atoms with Gasteiger partial charge in [-0.1, -0.05) is 12.1 Å². The second kappa shape index (κ2) is 11.4. The number of para-hydroxylation sites is 1. The van der Waals surface area contributed by atoms with Crippen LogP contribution in [0.15, 0.2) is 33.9 Å². The van der Waals surface area contributed by atoms with Crippen LogP contribution in [0, 0.1) is 0 Å². The first-order valence-electron chi connectivity index (χ1n) is 8.71. The molecule has 2 N–H and O–H groups in total. The first-order chi connectivity index (χ1) is 14.4. The van der Waals surface area contributed by atoms with E-state index < -0.39 is 27.9 Å². The molecule has 0 bridgehead atoms. The zero-order valence-electron chi connectivity index (χ0n) is 16.3. The molecule has 172 valence electrons. The van der Waals surface area contributed by atoms with Gasteiger partial charge in [-0.2, -0.15) is 21.6 Å². The summed E-state index contributed by atoms with van der Waals surface area (Å²) < 4.78 is 60.9. The lowest BCUT2D eigenvalue weighted by molar-refractivity contribution is -0.173. The van der Waals surface area contributed by atoms with Crippen LogP contribution < -0.4 is 16.6 Å². The van der Waals surface area contributed by atoms with E-state index in [0.29, 0.717) is 17.2 Å². The highest BCUT2D eigenvalue weighted by atomic mass is 32.2. The Kier molecular flexibility index (Phi) is 9.58. The number of aldehydes is 1. The number of H-pyrrole nitrogens is 1. The summed E-state index contributed by atoms with van der Waals surface area (Å²) in [5, 5.41) is 2.02. The molecule has 1 heterocycles. The molecule has 0 saturated carbocycles. The summed E-state index contributed by atoms with van der Waals surface area (Å²) in [6, 6.07) is 6.78. The van der Waals surface area contributed by atoms with E-state index in [9.17, 15) is 40.8 Å². The van der Waals surface area contributed by atoms with Crippen molar-refractivity contribution in [3.63, 3.8) is 0 Å². The molecule has 1 aromatic heterocycles. The average molecular weight is 467 g/mol. The van der Waals surface area contributed by atoms with Gasteiger partial charge in [-0.3, -0.25) is 18.3 Å². The third-order valence-electron chi connectivity index (χ3n) is 3.52. The zero-order chi connectivity index (χ0) is 23.7. The van der Waals surface area contributed by atoms with E-state index in [1.54, 1.807) is 29.6 Å². The Morgan fingerprint density at radius 2 is 1.90 bits per heavy atom. The molecule has 0 aliphatic heterocycles. The highest BCUT2D eigenvalue weighted by molar-refractivity contribution is 7.85. The van der Waals surface area contributed by atoms with Crippen molar-refractivity contribution in [3.05, 3.63) is 45.1 Å². The lowest BCUT2D eigenvalue weighted by atomic mass is 10.2. The fraction of sp³-hybridized carbons (Fsp3) is 0.412. The minimum absolute atomic E-state index is 0.0190. The van der Waals surface area contributed by atoms with Crippen LogP contribution in [0.1, 0.15) is 12.8 Å². The van der Waals surface area contributed by atoms with Crippen molar-refractivity contribution < 1.29 is 35.4 Å². The van der Waals surface area contributed by atoms with E-state index >= 15 is 0 Å². The van der Waals surface area contributed by atoms with E-state index in [0.717, 1.165) is 10.8 Å². The third-order valence-corrected chi connectivity index (χ3v) is 4.12. The number of hydrogen-bond donors (Lipinski definition) is 2. The van der Waals surface area contributed by atoms with Gasteiger partial charge in [0, 0.05) is 19.5 Å². The van der Waals surface area contributed by atoms with Gasteiger partial charge >= 0.3 is 17.8 Å². The van der Waals surface area contributed by atoms with Crippen molar-refractivity contribution in [2.24, 2.45) is 0 Å². The maximum absolute atomic E-state index is 11.9. The molecule has 14 heteroatoms. The Hall–Kier alpha value is -3.00. The van der Waals surface area contributed by atoms with Crippen molar-refractivity contribution >= 4 is 33.2 Å². The summed E-state index contributed by atoms with van der Waals surface area (Å²) in [4.78, 5) is 46.5. The third kappa shape index (κ3) is 9.13. The van der Waals surface area contributed by atoms with Crippen LogP contribution >= 0.6 is 0 Å². The minimum atomic E-state index is -4.92. The smallest absolute Gasteiger partial charge is 0.348 e. The first-order valence-corrected chi connectivity index (χ1v) is 10.5. The maximum atomic E-state index is 11.9. The summed E-state index contributed by atoms with van der Waals surface area (Å²) >= 11 is 0. The van der Waals surface area contributed by atoms with Gasteiger partial charge in [-0.25, -0.2) is 4.79 Å². The fourth-order valence-electron chi connectivity index (χ4n) is 2.17. The number of amides is 1. The number of aromatic amines is 1. The summed E-state index contributed by atoms with van der Waals surface area (Å²) in [5.41, 5.74) is -0.327. The number of halogens is 3. The zero-order valence-corrected chi connectivity index (χ0v) is 17.1. The molecule has 31 heavy (non-hydrogen) atoms. The monoisotopic (exact) mass is 467 g/mol. The SMILES string of the molecule is CS(=O)(=O)OCCCNC(=O)C(F)(F)F.O=CCCn1c(=O)[nH]c2ccccc2c1=O. The Labute approximate surface area is 174 Å². The standard InChI is InChI=1S/C11H10N2O3.C6H10F3NO4S/c14-7-3-6-13-10(15)8-4-1-2-5-9(8)12-11(13)16;1-15(12,13)14-4-2-3-10-5(11)6(7,8)9/h1-2,4-5,7H,3,6H2,(H,12,16);2-4H2,1H3,(H,10,11). The van der Waals surface area contributed by atoms with Crippen molar-refractivity contribution in [1.82, 2.24) is 14.9 Å². The topological polar surface area (TPSA) is 144 Å². The average Bonchev–Trinajstić information content (AvgIpc) is 2.66. The number of rotatable bonds is 8. The van der Waals surface area contributed by atoms with Crippen molar-refractivity contribution in [1.29, 1.82) is 0 Å². The molecule has 2 aromatic rings. The van der Waals surface area contributed by atoms with Gasteiger partial charge in [0.05, 0.1) is 23.8 Å². The number of nitrogens with one attached hydrogen (secondary N) is 2. The van der Waals surface area contributed by atoms with Crippen LogP contribution in [0.5, 0.6) is 0 Å². The normalized spacial score (nSPS) is 11.5. The molecule has 0 spiro atoms. The number of aromatic nitrogens is 2. The molecule has 0 fully saturated rings. The number of fused-ring (bicyclic) bond motifs is 1. The second-order valence-corrected chi connectivity index (χ2v) is 7.67. The molecule has 0 unspecified atom stereocenters. The van der Waals surface area contributed by atoms with Crippen LogP contribution in [-0.2, 0) is 30.4 Å². The second-order valence-electron chi connectivity index (χ2n) is 6.02. The van der Waals surface area contributed by atoms with E-state index in [1.807, 2.05) is 0 Å². The first kappa shape index (κ1) is 26.0. The van der Waals surface area contributed by atoms with Gasteiger partial charge in [0.15, 0.2) is 0 Å². The highest BCUT2D eigenvalue weighted by Gasteiger charge is 2.38. The number of carbonyl (C=O) groups excluding carboxylic acids is 2. The Morgan fingerprint density at radius 3 is 2.48 bits per heavy atom. The fourth-order valence-corrected chi connectivity index (χ4v) is 2.59. The van der Waals surface area contributed by atoms with Crippen molar-refractivity contribution in [3.8, 4) is 0 Å². The molecule has 1 amide bonds. The van der Waals surface area contributed by atoms with E-state index in [4.69, 9.17) is 0 Å². The predicted molar refractivity (Wildman–Crippen MR) is 104 cm³/mol. The van der Waals surface area contributed by atoms with Crippen LogP contribution in [0.3, 0.4) is 0 Å². The summed E-state index contributed by atoms with van der Waals surface area (Å²) in [6.45, 7) is -0.451. The highest BCUT2D eigenvalue weighted by Crippen LogP contribution is 2.13. The molecule has 0 aliphatic rings. The molecular weight excluding hydrogens is 447 g/mol. The van der Waals surface area contributed by atoms with Crippen LogP contribution in [0.2, 0.25) is 0 Å². The number of hydrogen-bond acceptors (Lipinski definition) is 7. The number of nitrogens with zero attached hydrogens (tertiary/aromatic N) is 1. The molecule has 0 aliphatic carbocycles. The predicted octanol–water partition coefficient (Wildman–Crippen LogP) is 0.310. The maximum Gasteiger partial charge on any atom is 0.471 e. The van der Waals surface area contributed by atoms with Crippen molar-refractivity contribution in [2.75, 3.05) is 19.4 Å². The Bertz CT molecular complexity index is 1120. The Morgan fingerprint density at radius 1 is 1.26 bits per heavy atom. The van der Waals surface area contributed by atoms with E-state index in [1.165, 1.54) is 0 Å². The molecule has 10 nitrogen and oxygen atoms in total.